The summed E-state index contributed by atoms with van der Waals surface area (Å²) in [5, 5.41) is 0. The van der Waals surface area contributed by atoms with Crippen LogP contribution in [0, 0.1) is 0 Å². The van der Waals surface area contributed by atoms with Gasteiger partial charge >= 0.3 is 0 Å². The molecule has 0 nitrogen and oxygen atoms in total. The Kier molecular flexibility index (Phi) is 1.87. The van der Waals surface area contributed by atoms with Crippen molar-refractivity contribution >= 4 is 11.8 Å². The number of hydrogen-bond acceptors (Lipinski definition) is 1. The Morgan fingerprint density at radius 3 is 2.93 bits per heavy atom. The van der Waals surface area contributed by atoms with Crippen molar-refractivity contribution in [2.75, 3.05) is 0 Å². The molecule has 1 aromatic rings. The fourth-order valence-corrected chi connectivity index (χ4v) is 3.86. The molecule has 0 fully saturated rings. The highest BCUT2D eigenvalue weighted by Gasteiger charge is 2.39. The monoisotopic (exact) mass is 214 g/mol. The maximum Gasteiger partial charge on any atom is 0.0283 e. The second kappa shape index (κ2) is 3.02. The van der Waals surface area contributed by atoms with Gasteiger partial charge in [-0.15, -0.1) is 0 Å². The molecule has 15 heavy (non-hydrogen) atoms. The summed E-state index contributed by atoms with van der Waals surface area (Å²) in [6.45, 7) is 4.55. The Balaban J connectivity index is 2.19. The molecule has 1 heterocycles. The van der Waals surface area contributed by atoms with Crippen molar-refractivity contribution in [3.05, 3.63) is 52.5 Å². The molecule has 0 bridgehead atoms. The van der Waals surface area contributed by atoms with Gasteiger partial charge < -0.3 is 0 Å². The number of rotatable bonds is 0. The largest absolute Gasteiger partial charge is 0.0933 e. The van der Waals surface area contributed by atoms with Gasteiger partial charge in [-0.25, -0.2) is 0 Å². The van der Waals surface area contributed by atoms with Gasteiger partial charge in [0.2, 0.25) is 0 Å². The van der Waals surface area contributed by atoms with E-state index in [4.69, 9.17) is 0 Å². The molecule has 0 N–H and O–H groups in total. The minimum Gasteiger partial charge on any atom is -0.0933 e. The molecule has 0 saturated carbocycles. The molecular formula is C14H14S. The fourth-order valence-electron chi connectivity index (χ4n) is 2.41. The summed E-state index contributed by atoms with van der Waals surface area (Å²) in [6.07, 6.45) is 5.84. The third-order valence-corrected chi connectivity index (χ3v) is 4.80. The summed E-state index contributed by atoms with van der Waals surface area (Å²) in [5.74, 6) is 0. The zero-order valence-corrected chi connectivity index (χ0v) is 9.90. The van der Waals surface area contributed by atoms with Crippen LogP contribution in [0.2, 0.25) is 0 Å². The van der Waals surface area contributed by atoms with Gasteiger partial charge in [0.25, 0.3) is 0 Å². The first-order valence-corrected chi connectivity index (χ1v) is 6.18. The minimum atomic E-state index is 0.251. The van der Waals surface area contributed by atoms with Crippen molar-refractivity contribution in [3.63, 3.8) is 0 Å². The van der Waals surface area contributed by atoms with Crippen LogP contribution in [-0.4, -0.2) is 0 Å². The number of allylic oxidation sites excluding steroid dienone is 4. The zero-order valence-electron chi connectivity index (χ0n) is 9.08. The fraction of sp³-hybridized carbons (Fsp3) is 0.286. The molecule has 3 rings (SSSR count). The lowest BCUT2D eigenvalue weighted by molar-refractivity contribution is 0.585. The highest BCUT2D eigenvalue weighted by atomic mass is 32.2. The van der Waals surface area contributed by atoms with Gasteiger partial charge in [0.1, 0.15) is 0 Å². The van der Waals surface area contributed by atoms with E-state index < -0.39 is 0 Å². The van der Waals surface area contributed by atoms with Crippen LogP contribution in [0.1, 0.15) is 25.8 Å². The molecule has 1 aliphatic heterocycles. The maximum atomic E-state index is 2.36. The average molecular weight is 214 g/mol. The van der Waals surface area contributed by atoms with Gasteiger partial charge in [0, 0.05) is 15.2 Å². The number of thioether (sulfide) groups is 1. The van der Waals surface area contributed by atoms with Crippen molar-refractivity contribution in [1.82, 2.24) is 0 Å². The predicted octanol–water partition coefficient (Wildman–Crippen LogP) is 4.28. The standard InChI is InChI=1S/C14H14S/c1-10-7-8-14(2)11-5-3-4-6-12(11)15-13(14)9-10/h3-7,9H,8H2,1-2H3/t14-/m1/s1. The van der Waals surface area contributed by atoms with Crippen LogP contribution in [0.3, 0.4) is 0 Å². The second-order valence-electron chi connectivity index (χ2n) is 4.59. The van der Waals surface area contributed by atoms with Crippen molar-refractivity contribution in [2.45, 2.75) is 30.6 Å². The lowest BCUT2D eigenvalue weighted by atomic mass is 9.76. The summed E-state index contributed by atoms with van der Waals surface area (Å²) < 4.78 is 0. The van der Waals surface area contributed by atoms with Crippen molar-refractivity contribution < 1.29 is 0 Å². The molecule has 76 valence electrons. The van der Waals surface area contributed by atoms with Crippen LogP contribution >= 0.6 is 11.8 Å². The van der Waals surface area contributed by atoms with Gasteiger partial charge in [-0.3, -0.25) is 0 Å². The Hall–Kier alpha value is -0.950. The highest BCUT2D eigenvalue weighted by molar-refractivity contribution is 8.03. The first-order valence-electron chi connectivity index (χ1n) is 5.36. The second-order valence-corrected chi connectivity index (χ2v) is 5.67. The van der Waals surface area contributed by atoms with Gasteiger partial charge in [0.15, 0.2) is 0 Å². The van der Waals surface area contributed by atoms with Crippen LogP contribution in [0.15, 0.2) is 51.8 Å². The van der Waals surface area contributed by atoms with Crippen molar-refractivity contribution in [1.29, 1.82) is 0 Å². The van der Waals surface area contributed by atoms with E-state index in [-0.39, 0.29) is 5.41 Å². The molecule has 1 aliphatic carbocycles. The zero-order chi connectivity index (χ0) is 10.5. The molecule has 0 aromatic heterocycles. The maximum absolute atomic E-state index is 2.36. The Morgan fingerprint density at radius 2 is 2.07 bits per heavy atom. The molecule has 2 aliphatic rings. The summed E-state index contributed by atoms with van der Waals surface area (Å²) in [5.41, 5.74) is 3.16. The SMILES string of the molecule is CC1=CC[C@@]2(C)C(=C1)Sc1ccccc12. The van der Waals surface area contributed by atoms with E-state index in [1.807, 2.05) is 11.8 Å². The van der Waals surface area contributed by atoms with E-state index in [1.165, 1.54) is 20.9 Å². The van der Waals surface area contributed by atoms with Crippen LogP contribution in [0.25, 0.3) is 0 Å². The quantitative estimate of drug-likeness (QED) is 0.621. The average Bonchev–Trinajstić information content (AvgIpc) is 2.52. The van der Waals surface area contributed by atoms with E-state index in [0.29, 0.717) is 0 Å². The van der Waals surface area contributed by atoms with Gasteiger partial charge in [-0.05, 0) is 31.1 Å². The van der Waals surface area contributed by atoms with E-state index >= 15 is 0 Å². The van der Waals surface area contributed by atoms with Crippen LogP contribution in [0.4, 0.5) is 0 Å². The molecule has 1 aromatic carbocycles. The smallest absolute Gasteiger partial charge is 0.0283 e. The third-order valence-electron chi connectivity index (χ3n) is 3.44. The normalized spacial score (nSPS) is 27.9. The molecule has 0 saturated heterocycles. The Bertz CT molecular complexity index is 482. The number of benzene rings is 1. The van der Waals surface area contributed by atoms with Crippen LogP contribution < -0.4 is 0 Å². The Labute approximate surface area is 95.1 Å². The summed E-state index contributed by atoms with van der Waals surface area (Å²) in [4.78, 5) is 2.96. The third kappa shape index (κ3) is 1.23. The summed E-state index contributed by atoms with van der Waals surface area (Å²) in [7, 11) is 0. The van der Waals surface area contributed by atoms with Gasteiger partial charge in [-0.1, -0.05) is 48.5 Å². The Morgan fingerprint density at radius 1 is 1.27 bits per heavy atom. The first-order chi connectivity index (χ1) is 7.20. The predicted molar refractivity (Wildman–Crippen MR) is 66.1 cm³/mol. The molecule has 0 radical (unpaired) electrons. The molecule has 0 amide bonds. The van der Waals surface area contributed by atoms with Crippen LogP contribution in [-0.2, 0) is 5.41 Å². The van der Waals surface area contributed by atoms with E-state index in [9.17, 15) is 0 Å². The molecular weight excluding hydrogens is 200 g/mol. The van der Waals surface area contributed by atoms with E-state index in [1.54, 1.807) is 0 Å². The van der Waals surface area contributed by atoms with E-state index in [0.717, 1.165) is 6.42 Å². The van der Waals surface area contributed by atoms with Crippen molar-refractivity contribution in [3.8, 4) is 0 Å². The van der Waals surface area contributed by atoms with Crippen molar-refractivity contribution in [2.24, 2.45) is 0 Å². The molecule has 0 unspecified atom stereocenters. The minimum absolute atomic E-state index is 0.251. The highest BCUT2D eigenvalue weighted by Crippen LogP contribution is 2.55. The van der Waals surface area contributed by atoms with Gasteiger partial charge in [0.05, 0.1) is 0 Å². The summed E-state index contributed by atoms with van der Waals surface area (Å²) in [6, 6.07) is 8.80. The van der Waals surface area contributed by atoms with Crippen LogP contribution in [0.5, 0.6) is 0 Å². The van der Waals surface area contributed by atoms with E-state index in [2.05, 4.69) is 50.3 Å². The first kappa shape index (κ1) is 9.29. The number of fused-ring (bicyclic) bond motifs is 3. The lowest BCUT2D eigenvalue weighted by Crippen LogP contribution is -2.21. The molecule has 1 heteroatoms. The lowest BCUT2D eigenvalue weighted by Gasteiger charge is -2.28. The molecule has 1 atom stereocenters. The number of hydrogen-bond donors (Lipinski definition) is 0. The molecule has 0 spiro atoms. The van der Waals surface area contributed by atoms with Gasteiger partial charge in [-0.2, -0.15) is 0 Å². The summed E-state index contributed by atoms with van der Waals surface area (Å²) >= 11 is 1.94. The topological polar surface area (TPSA) is 0 Å².